The van der Waals surface area contributed by atoms with Crippen LogP contribution in [-0.2, 0) is 6.54 Å². The Morgan fingerprint density at radius 2 is 2.18 bits per heavy atom. The van der Waals surface area contributed by atoms with E-state index in [-0.39, 0.29) is 24.4 Å². The lowest BCUT2D eigenvalue weighted by atomic mass is 9.98. The molecule has 0 spiro atoms. The Balaban J connectivity index is 0.00000176. The zero-order valence-corrected chi connectivity index (χ0v) is 14.1. The highest BCUT2D eigenvalue weighted by molar-refractivity contribution is 5.92. The molecule has 1 saturated heterocycles. The minimum atomic E-state index is 0. The number of hydrogen-bond donors (Lipinski definition) is 1. The van der Waals surface area contributed by atoms with Crippen LogP contribution in [0.5, 0.6) is 0 Å². The molecule has 6 nitrogen and oxygen atoms in total. The molecule has 0 bridgehead atoms. The van der Waals surface area contributed by atoms with Gasteiger partial charge in [0.1, 0.15) is 0 Å². The molecule has 1 aromatic rings. The molecule has 1 aliphatic heterocycles. The SMILES string of the molecule is CC(C)CCn1cc(C(=O)N2CC3CCC(N)C3C2)nn1.Cl. The highest BCUT2D eigenvalue weighted by atomic mass is 35.5. The first-order valence-electron chi connectivity index (χ1n) is 7.99. The number of halogens is 1. The number of likely N-dealkylation sites (tertiary alicyclic amines) is 1. The van der Waals surface area contributed by atoms with Crippen LogP contribution >= 0.6 is 12.4 Å². The molecule has 3 atom stereocenters. The van der Waals surface area contributed by atoms with Crippen molar-refractivity contribution >= 4 is 18.3 Å². The third kappa shape index (κ3) is 3.43. The summed E-state index contributed by atoms with van der Waals surface area (Å²) < 4.78 is 1.77. The molecule has 3 unspecified atom stereocenters. The van der Waals surface area contributed by atoms with Gasteiger partial charge in [0.2, 0.25) is 0 Å². The van der Waals surface area contributed by atoms with E-state index in [1.165, 1.54) is 0 Å². The summed E-state index contributed by atoms with van der Waals surface area (Å²) in [4.78, 5) is 14.4. The summed E-state index contributed by atoms with van der Waals surface area (Å²) in [5, 5.41) is 8.10. The van der Waals surface area contributed by atoms with E-state index in [1.54, 1.807) is 10.9 Å². The monoisotopic (exact) mass is 327 g/mol. The predicted molar refractivity (Wildman–Crippen MR) is 86.8 cm³/mol. The molecule has 7 heteroatoms. The third-order valence-corrected chi connectivity index (χ3v) is 4.89. The van der Waals surface area contributed by atoms with Crippen molar-refractivity contribution in [2.45, 2.75) is 45.7 Å². The fourth-order valence-corrected chi connectivity index (χ4v) is 3.53. The first-order chi connectivity index (χ1) is 10.0. The fraction of sp³-hybridized carbons (Fsp3) is 0.800. The second kappa shape index (κ2) is 6.96. The molecule has 2 aliphatic rings. The van der Waals surface area contributed by atoms with Crippen LogP contribution in [0.1, 0.15) is 43.6 Å². The highest BCUT2D eigenvalue weighted by Gasteiger charge is 2.42. The Labute approximate surface area is 137 Å². The molecule has 0 aromatic carbocycles. The van der Waals surface area contributed by atoms with Crippen LogP contribution < -0.4 is 5.73 Å². The number of carbonyl (C=O) groups excluding carboxylic acids is 1. The molecule has 124 valence electrons. The average molecular weight is 328 g/mol. The van der Waals surface area contributed by atoms with E-state index in [2.05, 4.69) is 24.2 Å². The van der Waals surface area contributed by atoms with Gasteiger partial charge in [-0.2, -0.15) is 0 Å². The molecule has 2 N–H and O–H groups in total. The Morgan fingerprint density at radius 3 is 2.86 bits per heavy atom. The van der Waals surface area contributed by atoms with E-state index in [0.29, 0.717) is 23.4 Å². The van der Waals surface area contributed by atoms with Gasteiger partial charge in [-0.1, -0.05) is 19.1 Å². The number of amides is 1. The van der Waals surface area contributed by atoms with Gasteiger partial charge in [0.15, 0.2) is 5.69 Å². The second-order valence-corrected chi connectivity index (χ2v) is 6.92. The van der Waals surface area contributed by atoms with E-state index in [9.17, 15) is 4.79 Å². The standard InChI is InChI=1S/C15H25N5O.ClH/c1-10(2)5-6-20-9-14(17-18-20)15(21)19-7-11-3-4-13(16)12(11)8-19;/h9-13H,3-8,16H2,1-2H3;1H. The van der Waals surface area contributed by atoms with Crippen molar-refractivity contribution in [1.29, 1.82) is 0 Å². The number of fused-ring (bicyclic) bond motifs is 1. The Bertz CT molecular complexity index is 518. The van der Waals surface area contributed by atoms with Gasteiger partial charge in [0.05, 0.1) is 6.20 Å². The zero-order valence-electron chi connectivity index (χ0n) is 13.3. The molecule has 0 radical (unpaired) electrons. The molecule has 1 amide bonds. The van der Waals surface area contributed by atoms with Crippen molar-refractivity contribution < 1.29 is 4.79 Å². The van der Waals surface area contributed by atoms with Gasteiger partial charge in [0.25, 0.3) is 5.91 Å². The predicted octanol–water partition coefficient (Wildman–Crippen LogP) is 1.56. The maximum absolute atomic E-state index is 12.5. The van der Waals surface area contributed by atoms with Gasteiger partial charge >= 0.3 is 0 Å². The average Bonchev–Trinajstić information content (AvgIpc) is 3.13. The first kappa shape index (κ1) is 17.2. The van der Waals surface area contributed by atoms with Gasteiger partial charge in [-0.15, -0.1) is 17.5 Å². The maximum atomic E-state index is 12.5. The van der Waals surface area contributed by atoms with Crippen LogP contribution in [0, 0.1) is 17.8 Å². The molecule has 2 heterocycles. The smallest absolute Gasteiger partial charge is 0.276 e. The van der Waals surface area contributed by atoms with Crippen LogP contribution in [0.4, 0.5) is 0 Å². The minimum absolute atomic E-state index is 0. The maximum Gasteiger partial charge on any atom is 0.276 e. The zero-order chi connectivity index (χ0) is 15.0. The lowest BCUT2D eigenvalue weighted by Gasteiger charge is -2.17. The lowest BCUT2D eigenvalue weighted by molar-refractivity contribution is 0.0773. The van der Waals surface area contributed by atoms with Crippen molar-refractivity contribution in [1.82, 2.24) is 19.9 Å². The molecule has 1 saturated carbocycles. The number of rotatable bonds is 4. The minimum Gasteiger partial charge on any atom is -0.337 e. The molecule has 1 aliphatic carbocycles. The van der Waals surface area contributed by atoms with E-state index in [1.807, 2.05) is 4.90 Å². The second-order valence-electron chi connectivity index (χ2n) is 6.92. The van der Waals surface area contributed by atoms with E-state index >= 15 is 0 Å². The van der Waals surface area contributed by atoms with Gasteiger partial charge in [-0.25, -0.2) is 0 Å². The summed E-state index contributed by atoms with van der Waals surface area (Å²) in [5.41, 5.74) is 6.59. The summed E-state index contributed by atoms with van der Waals surface area (Å²) in [6.45, 7) is 6.78. The normalized spacial score (nSPS) is 27.1. The Hall–Kier alpha value is -1.14. The summed E-state index contributed by atoms with van der Waals surface area (Å²) in [6, 6.07) is 0.259. The quantitative estimate of drug-likeness (QED) is 0.910. The number of nitrogens with zero attached hydrogens (tertiary/aromatic N) is 4. The molecular formula is C15H26ClN5O. The summed E-state index contributed by atoms with van der Waals surface area (Å²) >= 11 is 0. The fourth-order valence-electron chi connectivity index (χ4n) is 3.53. The van der Waals surface area contributed by atoms with Crippen molar-refractivity contribution in [2.75, 3.05) is 13.1 Å². The van der Waals surface area contributed by atoms with Gasteiger partial charge in [0, 0.05) is 25.7 Å². The van der Waals surface area contributed by atoms with Crippen LogP contribution in [-0.4, -0.2) is 44.9 Å². The Morgan fingerprint density at radius 1 is 1.41 bits per heavy atom. The number of aryl methyl sites for hydroxylation is 1. The topological polar surface area (TPSA) is 77.0 Å². The molecule has 2 fully saturated rings. The van der Waals surface area contributed by atoms with Gasteiger partial charge in [-0.05, 0) is 37.0 Å². The third-order valence-electron chi connectivity index (χ3n) is 4.89. The summed E-state index contributed by atoms with van der Waals surface area (Å²) in [7, 11) is 0. The van der Waals surface area contributed by atoms with Crippen molar-refractivity contribution in [3.05, 3.63) is 11.9 Å². The van der Waals surface area contributed by atoms with Gasteiger partial charge in [-0.3, -0.25) is 9.48 Å². The van der Waals surface area contributed by atoms with Crippen LogP contribution in [0.25, 0.3) is 0 Å². The largest absolute Gasteiger partial charge is 0.337 e. The van der Waals surface area contributed by atoms with Crippen LogP contribution in [0.3, 0.4) is 0 Å². The molecular weight excluding hydrogens is 302 g/mol. The van der Waals surface area contributed by atoms with E-state index in [0.717, 1.165) is 38.9 Å². The van der Waals surface area contributed by atoms with E-state index < -0.39 is 0 Å². The number of nitrogens with two attached hydrogens (primary N) is 1. The summed E-state index contributed by atoms with van der Waals surface area (Å²) in [5.74, 6) is 1.69. The number of carbonyl (C=O) groups is 1. The van der Waals surface area contributed by atoms with Crippen molar-refractivity contribution in [3.8, 4) is 0 Å². The van der Waals surface area contributed by atoms with Crippen LogP contribution in [0.15, 0.2) is 6.20 Å². The highest BCUT2D eigenvalue weighted by Crippen LogP contribution is 2.37. The Kier molecular flexibility index (Phi) is 5.45. The summed E-state index contributed by atoms with van der Waals surface area (Å²) in [6.07, 6.45) is 5.07. The van der Waals surface area contributed by atoms with E-state index in [4.69, 9.17) is 5.73 Å². The number of aromatic nitrogens is 3. The number of hydrogen-bond acceptors (Lipinski definition) is 4. The van der Waals surface area contributed by atoms with Gasteiger partial charge < -0.3 is 10.6 Å². The van der Waals surface area contributed by atoms with Crippen molar-refractivity contribution in [3.63, 3.8) is 0 Å². The molecule has 3 rings (SSSR count). The lowest BCUT2D eigenvalue weighted by Crippen LogP contribution is -2.33. The first-order valence-corrected chi connectivity index (χ1v) is 7.99. The van der Waals surface area contributed by atoms with Crippen LogP contribution in [0.2, 0.25) is 0 Å². The molecule has 22 heavy (non-hydrogen) atoms. The van der Waals surface area contributed by atoms with Crippen molar-refractivity contribution in [2.24, 2.45) is 23.5 Å². The molecule has 1 aromatic heterocycles.